The van der Waals surface area contributed by atoms with Crippen LogP contribution in [0.3, 0.4) is 0 Å². The van der Waals surface area contributed by atoms with Gasteiger partial charge in [-0.1, -0.05) is 6.92 Å². The molecule has 3 rings (SSSR count). The molecule has 0 spiro atoms. The number of piperidine rings is 1. The summed E-state index contributed by atoms with van der Waals surface area (Å²) in [5, 5.41) is 10.0. The number of nitrogens with zero attached hydrogens (tertiary/aromatic N) is 2. The average Bonchev–Trinajstić information content (AvgIpc) is 2.80. The molecule has 10 nitrogen and oxygen atoms in total. The number of aromatic nitrogens is 1. The zero-order chi connectivity index (χ0) is 23.1. The van der Waals surface area contributed by atoms with Gasteiger partial charge in [0.1, 0.15) is 6.61 Å². The van der Waals surface area contributed by atoms with Crippen molar-refractivity contribution < 1.29 is 32.0 Å². The van der Waals surface area contributed by atoms with Gasteiger partial charge in [-0.2, -0.15) is 13.1 Å². The Hall–Kier alpha value is -2.63. The second-order valence-electron chi connectivity index (χ2n) is 7.72. The van der Waals surface area contributed by atoms with Crippen LogP contribution in [-0.4, -0.2) is 64.9 Å². The van der Waals surface area contributed by atoms with E-state index in [1.165, 1.54) is 0 Å². The molecule has 2 N–H and O–H groups in total. The molecule has 0 radical (unpaired) electrons. The van der Waals surface area contributed by atoms with Crippen LogP contribution in [0.4, 0.5) is 5.69 Å². The number of fused-ring (bicyclic) bond motifs is 1. The van der Waals surface area contributed by atoms with Gasteiger partial charge < -0.3 is 23.7 Å². The minimum Gasteiger partial charge on any atom is -0.493 e. The first-order valence-electron chi connectivity index (χ1n) is 10.5. The maximum atomic E-state index is 11.5. The summed E-state index contributed by atoms with van der Waals surface area (Å²) in [5.74, 6) is 1.54. The lowest BCUT2D eigenvalue weighted by atomic mass is 9.85. The molecular formula is C21H29N3O7S. The monoisotopic (exact) mass is 467 g/mol. The van der Waals surface area contributed by atoms with E-state index in [0.717, 1.165) is 42.5 Å². The lowest BCUT2D eigenvalue weighted by Crippen LogP contribution is -2.39. The van der Waals surface area contributed by atoms with E-state index in [-0.39, 0.29) is 32.1 Å². The molecule has 1 fully saturated rings. The van der Waals surface area contributed by atoms with Gasteiger partial charge in [-0.15, -0.1) is 0 Å². The number of anilines is 1. The molecule has 32 heavy (non-hydrogen) atoms. The number of nitrogens with one attached hydrogen (secondary N) is 1. The molecule has 1 unspecified atom stereocenters. The maximum Gasteiger partial charge on any atom is 0.384 e. The van der Waals surface area contributed by atoms with Gasteiger partial charge in [0, 0.05) is 43.0 Å². The summed E-state index contributed by atoms with van der Waals surface area (Å²) in [6, 6.07) is 5.69. The first kappa shape index (κ1) is 24.0. The van der Waals surface area contributed by atoms with Crippen LogP contribution >= 0.6 is 0 Å². The van der Waals surface area contributed by atoms with Crippen LogP contribution in [0.15, 0.2) is 24.4 Å². The number of hydrogen-bond donors (Lipinski definition) is 2. The van der Waals surface area contributed by atoms with Crippen molar-refractivity contribution in [1.29, 1.82) is 0 Å². The van der Waals surface area contributed by atoms with Gasteiger partial charge in [0.2, 0.25) is 0 Å². The number of hydrogen-bond acceptors (Lipinski definition) is 9. The summed E-state index contributed by atoms with van der Waals surface area (Å²) >= 11 is 0. The van der Waals surface area contributed by atoms with Crippen LogP contribution in [-0.2, 0) is 19.3 Å². The van der Waals surface area contributed by atoms with E-state index in [9.17, 15) is 13.2 Å². The molecule has 176 valence electrons. The van der Waals surface area contributed by atoms with E-state index in [1.54, 1.807) is 13.3 Å². The van der Waals surface area contributed by atoms with E-state index in [0.29, 0.717) is 17.4 Å². The predicted molar refractivity (Wildman–Crippen MR) is 119 cm³/mol. The van der Waals surface area contributed by atoms with E-state index >= 15 is 0 Å². The molecule has 1 aromatic heterocycles. The first-order valence-corrected chi connectivity index (χ1v) is 11.9. The third-order valence-corrected chi connectivity index (χ3v) is 6.64. The fourth-order valence-corrected chi connectivity index (χ4v) is 4.68. The number of rotatable bonds is 11. The molecule has 2 heterocycles. The standard InChI is InChI=1S/C21H29N3O7S/c1-15(13-23-32(27,28)31-14-26)16-4-7-24(8-5-16)19-3-6-22-18-12-20(29-2)21(11-17(18)19)30-10-9-25/h3,6,11-12,14-16,23,25H,4-5,7-10,13H2,1-2H3. The van der Waals surface area contributed by atoms with Gasteiger partial charge in [-0.3, -0.25) is 9.78 Å². The maximum absolute atomic E-state index is 11.5. The molecule has 11 heteroatoms. The Kier molecular flexibility index (Phi) is 8.10. The summed E-state index contributed by atoms with van der Waals surface area (Å²) in [5.41, 5.74) is 1.83. The number of methoxy groups -OCH3 is 1. The second kappa shape index (κ2) is 10.8. The summed E-state index contributed by atoms with van der Waals surface area (Å²) in [7, 11) is -2.47. The van der Waals surface area contributed by atoms with E-state index in [2.05, 4.69) is 18.8 Å². The summed E-state index contributed by atoms with van der Waals surface area (Å²) < 4.78 is 40.4. The molecule has 1 aromatic carbocycles. The highest BCUT2D eigenvalue weighted by molar-refractivity contribution is 7.85. The number of carbonyl (C=O) groups is 1. The third kappa shape index (κ3) is 5.78. The number of carbonyl (C=O) groups excluding carboxylic acids is 1. The first-order chi connectivity index (χ1) is 15.4. The van der Waals surface area contributed by atoms with Crippen molar-refractivity contribution in [2.45, 2.75) is 19.8 Å². The van der Waals surface area contributed by atoms with Crippen LogP contribution in [0.25, 0.3) is 10.9 Å². The van der Waals surface area contributed by atoms with Crippen molar-refractivity contribution >= 4 is 33.4 Å². The highest BCUT2D eigenvalue weighted by Crippen LogP contribution is 2.37. The van der Waals surface area contributed by atoms with Crippen LogP contribution in [0.1, 0.15) is 19.8 Å². The fraction of sp³-hybridized carbons (Fsp3) is 0.524. The lowest BCUT2D eigenvalue weighted by molar-refractivity contribution is -0.120. The van der Waals surface area contributed by atoms with Crippen molar-refractivity contribution in [2.75, 3.05) is 44.9 Å². The summed E-state index contributed by atoms with van der Waals surface area (Å²) in [6.07, 6.45) is 3.55. The number of aliphatic hydroxyl groups is 1. The summed E-state index contributed by atoms with van der Waals surface area (Å²) in [4.78, 5) is 17.0. The molecule has 1 aliphatic heterocycles. The Bertz CT molecular complexity index is 1020. The van der Waals surface area contributed by atoms with Gasteiger partial charge in [-0.05, 0) is 36.8 Å². The van der Waals surface area contributed by atoms with Crippen LogP contribution in [0.5, 0.6) is 11.5 Å². The number of ether oxygens (including phenoxy) is 2. The fourth-order valence-electron chi connectivity index (χ4n) is 4.04. The van der Waals surface area contributed by atoms with Gasteiger partial charge in [0.15, 0.2) is 11.5 Å². The molecular weight excluding hydrogens is 438 g/mol. The third-order valence-electron chi connectivity index (χ3n) is 5.79. The smallest absolute Gasteiger partial charge is 0.384 e. The lowest BCUT2D eigenvalue weighted by Gasteiger charge is -2.36. The van der Waals surface area contributed by atoms with Crippen LogP contribution < -0.4 is 19.1 Å². The van der Waals surface area contributed by atoms with Crippen LogP contribution in [0.2, 0.25) is 0 Å². The van der Waals surface area contributed by atoms with Crippen molar-refractivity contribution in [1.82, 2.24) is 9.71 Å². The Morgan fingerprint density at radius 1 is 1.31 bits per heavy atom. The van der Waals surface area contributed by atoms with E-state index < -0.39 is 10.3 Å². The number of pyridine rings is 1. The topological polar surface area (TPSA) is 127 Å². The van der Waals surface area contributed by atoms with Crippen molar-refractivity contribution in [2.24, 2.45) is 11.8 Å². The quantitative estimate of drug-likeness (QED) is 0.472. The van der Waals surface area contributed by atoms with Gasteiger partial charge >= 0.3 is 16.8 Å². The molecule has 0 saturated carbocycles. The zero-order valence-electron chi connectivity index (χ0n) is 18.2. The predicted octanol–water partition coefficient (Wildman–Crippen LogP) is 1.47. The largest absolute Gasteiger partial charge is 0.493 e. The Morgan fingerprint density at radius 2 is 2.06 bits per heavy atom. The molecule has 1 saturated heterocycles. The summed E-state index contributed by atoms with van der Waals surface area (Å²) in [6.45, 7) is 3.80. The minimum absolute atomic E-state index is 0.0930. The van der Waals surface area contributed by atoms with Crippen molar-refractivity contribution in [3.8, 4) is 11.5 Å². The van der Waals surface area contributed by atoms with Gasteiger partial charge in [0.25, 0.3) is 0 Å². The average molecular weight is 468 g/mol. The highest BCUT2D eigenvalue weighted by Gasteiger charge is 2.26. The molecule has 1 aliphatic rings. The molecule has 0 aliphatic carbocycles. The van der Waals surface area contributed by atoms with Crippen molar-refractivity contribution in [3.63, 3.8) is 0 Å². The number of benzene rings is 1. The van der Waals surface area contributed by atoms with Gasteiger partial charge in [-0.25, -0.2) is 0 Å². The van der Waals surface area contributed by atoms with E-state index in [4.69, 9.17) is 14.6 Å². The minimum atomic E-state index is -4.03. The molecule has 0 bridgehead atoms. The Labute approximate surface area is 187 Å². The zero-order valence-corrected chi connectivity index (χ0v) is 19.0. The second-order valence-corrected chi connectivity index (χ2v) is 9.11. The highest BCUT2D eigenvalue weighted by atomic mass is 32.2. The molecule has 0 amide bonds. The van der Waals surface area contributed by atoms with Crippen molar-refractivity contribution in [3.05, 3.63) is 24.4 Å². The Morgan fingerprint density at radius 3 is 2.72 bits per heavy atom. The normalized spacial score (nSPS) is 16.0. The van der Waals surface area contributed by atoms with Crippen LogP contribution in [0, 0.1) is 11.8 Å². The van der Waals surface area contributed by atoms with E-state index in [1.807, 2.05) is 25.1 Å². The van der Waals surface area contributed by atoms with Gasteiger partial charge in [0.05, 0.1) is 19.2 Å². The Balaban J connectivity index is 1.70. The SMILES string of the molecule is COc1cc2nccc(N3CCC(C(C)CNS(=O)(=O)OC=O)CC3)c2cc1OCCO. The number of aliphatic hydroxyl groups excluding tert-OH is 1. The molecule has 2 aromatic rings. The molecule has 1 atom stereocenters.